The fourth-order valence-corrected chi connectivity index (χ4v) is 1.53. The smallest absolute Gasteiger partial charge is 0.151 e. The third kappa shape index (κ3) is 1.98. The predicted molar refractivity (Wildman–Crippen MR) is 59.8 cm³/mol. The number of aromatic nitrogens is 1. The molecule has 0 aliphatic heterocycles. The third-order valence-electron chi connectivity index (χ3n) is 2.33. The van der Waals surface area contributed by atoms with Gasteiger partial charge in [0.2, 0.25) is 0 Å². The van der Waals surface area contributed by atoms with E-state index >= 15 is 0 Å². The van der Waals surface area contributed by atoms with Crippen molar-refractivity contribution in [3.8, 4) is 11.1 Å². The van der Waals surface area contributed by atoms with Crippen molar-refractivity contribution in [3.63, 3.8) is 0 Å². The van der Waals surface area contributed by atoms with Gasteiger partial charge in [-0.05, 0) is 25.1 Å². The first-order chi connectivity index (χ1) is 7.70. The summed E-state index contributed by atoms with van der Waals surface area (Å²) in [4.78, 5) is 14.5. The van der Waals surface area contributed by atoms with Crippen LogP contribution < -0.4 is 0 Å². The maximum atomic E-state index is 13.6. The monoisotopic (exact) mass is 215 g/mol. The van der Waals surface area contributed by atoms with Crippen molar-refractivity contribution in [2.45, 2.75) is 6.92 Å². The SMILES string of the molecule is Cc1ccc(F)c(-c2cncc(C=O)c2)c1. The topological polar surface area (TPSA) is 30.0 Å². The molecule has 1 aromatic carbocycles. The highest BCUT2D eigenvalue weighted by Crippen LogP contribution is 2.23. The molecule has 3 heteroatoms. The molecule has 0 radical (unpaired) electrons. The van der Waals surface area contributed by atoms with Crippen LogP contribution in [0.15, 0.2) is 36.7 Å². The number of halogens is 1. The van der Waals surface area contributed by atoms with Crippen LogP contribution >= 0.6 is 0 Å². The number of carbonyl (C=O) groups excluding carboxylic acids is 1. The van der Waals surface area contributed by atoms with Crippen LogP contribution in [0, 0.1) is 12.7 Å². The number of hydrogen-bond donors (Lipinski definition) is 0. The van der Waals surface area contributed by atoms with Crippen LogP contribution in [0.5, 0.6) is 0 Å². The van der Waals surface area contributed by atoms with Crippen molar-refractivity contribution in [2.24, 2.45) is 0 Å². The summed E-state index contributed by atoms with van der Waals surface area (Å²) in [5.74, 6) is -0.310. The summed E-state index contributed by atoms with van der Waals surface area (Å²) in [6.45, 7) is 1.89. The quantitative estimate of drug-likeness (QED) is 0.721. The number of pyridine rings is 1. The number of aryl methyl sites for hydroxylation is 1. The van der Waals surface area contributed by atoms with Crippen LogP contribution in [0.25, 0.3) is 11.1 Å². The highest BCUT2D eigenvalue weighted by atomic mass is 19.1. The molecule has 0 spiro atoms. The maximum absolute atomic E-state index is 13.6. The molecule has 1 aromatic heterocycles. The second kappa shape index (κ2) is 4.23. The second-order valence-corrected chi connectivity index (χ2v) is 3.61. The van der Waals surface area contributed by atoms with Crippen LogP contribution in [-0.4, -0.2) is 11.3 Å². The van der Waals surface area contributed by atoms with Gasteiger partial charge in [0.15, 0.2) is 6.29 Å². The highest BCUT2D eigenvalue weighted by molar-refractivity contribution is 5.78. The van der Waals surface area contributed by atoms with Crippen molar-refractivity contribution in [2.75, 3.05) is 0 Å². The minimum Gasteiger partial charge on any atom is -0.298 e. The van der Waals surface area contributed by atoms with Crippen molar-refractivity contribution in [3.05, 3.63) is 53.6 Å². The molecule has 0 bridgehead atoms. The Hall–Kier alpha value is -2.03. The van der Waals surface area contributed by atoms with Gasteiger partial charge in [-0.3, -0.25) is 9.78 Å². The molecule has 0 N–H and O–H groups in total. The van der Waals surface area contributed by atoms with Gasteiger partial charge in [-0.25, -0.2) is 4.39 Å². The van der Waals surface area contributed by atoms with Gasteiger partial charge in [-0.1, -0.05) is 11.6 Å². The Morgan fingerprint density at radius 3 is 2.81 bits per heavy atom. The first-order valence-corrected chi connectivity index (χ1v) is 4.87. The standard InChI is InChI=1S/C13H10FNO/c1-9-2-3-13(14)12(4-9)11-5-10(8-16)6-15-7-11/h2-8H,1H3. The number of aldehydes is 1. The van der Waals surface area contributed by atoms with Crippen LogP contribution in [0.4, 0.5) is 4.39 Å². The van der Waals surface area contributed by atoms with E-state index in [4.69, 9.17) is 0 Å². The van der Waals surface area contributed by atoms with E-state index in [0.29, 0.717) is 23.0 Å². The van der Waals surface area contributed by atoms with Crippen molar-refractivity contribution < 1.29 is 9.18 Å². The van der Waals surface area contributed by atoms with Gasteiger partial charge in [0.25, 0.3) is 0 Å². The van der Waals surface area contributed by atoms with E-state index in [2.05, 4.69) is 4.98 Å². The van der Waals surface area contributed by atoms with E-state index in [0.717, 1.165) is 5.56 Å². The fraction of sp³-hybridized carbons (Fsp3) is 0.0769. The number of benzene rings is 1. The molecule has 0 aliphatic carbocycles. The summed E-state index contributed by atoms with van der Waals surface area (Å²) in [7, 11) is 0. The lowest BCUT2D eigenvalue weighted by atomic mass is 10.0. The molecule has 1 heterocycles. The number of rotatable bonds is 2. The Balaban J connectivity index is 2.57. The van der Waals surface area contributed by atoms with Gasteiger partial charge in [0.05, 0.1) is 0 Å². The van der Waals surface area contributed by atoms with Gasteiger partial charge >= 0.3 is 0 Å². The maximum Gasteiger partial charge on any atom is 0.151 e. The summed E-state index contributed by atoms with van der Waals surface area (Å²) >= 11 is 0. The lowest BCUT2D eigenvalue weighted by Crippen LogP contribution is -1.89. The fourth-order valence-electron chi connectivity index (χ4n) is 1.53. The third-order valence-corrected chi connectivity index (χ3v) is 2.33. The summed E-state index contributed by atoms with van der Waals surface area (Å²) < 4.78 is 13.6. The van der Waals surface area contributed by atoms with Crippen LogP contribution in [0.1, 0.15) is 15.9 Å². The molecule has 2 nitrogen and oxygen atoms in total. The van der Waals surface area contributed by atoms with Gasteiger partial charge in [0, 0.05) is 29.1 Å². The zero-order chi connectivity index (χ0) is 11.5. The molecular weight excluding hydrogens is 205 g/mol. The molecule has 0 unspecified atom stereocenters. The van der Waals surface area contributed by atoms with Gasteiger partial charge in [-0.2, -0.15) is 0 Å². The van der Waals surface area contributed by atoms with E-state index < -0.39 is 0 Å². The summed E-state index contributed by atoms with van der Waals surface area (Å²) in [6, 6.07) is 6.48. The molecule has 0 saturated heterocycles. The van der Waals surface area contributed by atoms with Crippen LogP contribution in [0.3, 0.4) is 0 Å². The molecule has 0 aliphatic rings. The summed E-state index contributed by atoms with van der Waals surface area (Å²) in [6.07, 6.45) is 3.69. The average Bonchev–Trinajstić information content (AvgIpc) is 2.32. The van der Waals surface area contributed by atoms with E-state index in [-0.39, 0.29) is 5.82 Å². The van der Waals surface area contributed by atoms with Crippen molar-refractivity contribution in [1.82, 2.24) is 4.98 Å². The molecule has 0 fully saturated rings. The van der Waals surface area contributed by atoms with E-state index in [1.165, 1.54) is 12.3 Å². The highest BCUT2D eigenvalue weighted by Gasteiger charge is 2.06. The molecular formula is C13H10FNO. The Morgan fingerprint density at radius 1 is 1.25 bits per heavy atom. The number of nitrogens with zero attached hydrogens (tertiary/aromatic N) is 1. The first kappa shape index (κ1) is 10.5. The Labute approximate surface area is 92.8 Å². The lowest BCUT2D eigenvalue weighted by molar-refractivity contribution is 0.112. The van der Waals surface area contributed by atoms with Gasteiger partial charge in [-0.15, -0.1) is 0 Å². The number of carbonyl (C=O) groups is 1. The Kier molecular flexibility index (Phi) is 2.77. The minimum atomic E-state index is -0.310. The van der Waals surface area contributed by atoms with Crippen molar-refractivity contribution >= 4 is 6.29 Å². The summed E-state index contributed by atoms with van der Waals surface area (Å²) in [5.41, 5.74) is 2.49. The van der Waals surface area contributed by atoms with E-state index in [9.17, 15) is 9.18 Å². The molecule has 0 atom stereocenters. The molecule has 16 heavy (non-hydrogen) atoms. The van der Waals surface area contributed by atoms with E-state index in [1.807, 2.05) is 6.92 Å². The van der Waals surface area contributed by atoms with Crippen molar-refractivity contribution in [1.29, 1.82) is 0 Å². The van der Waals surface area contributed by atoms with Gasteiger partial charge in [0.1, 0.15) is 5.82 Å². The largest absolute Gasteiger partial charge is 0.298 e. The minimum absolute atomic E-state index is 0.310. The lowest BCUT2D eigenvalue weighted by Gasteiger charge is -2.04. The first-order valence-electron chi connectivity index (χ1n) is 4.87. The van der Waals surface area contributed by atoms with Gasteiger partial charge < -0.3 is 0 Å². The average molecular weight is 215 g/mol. The Morgan fingerprint density at radius 2 is 2.06 bits per heavy atom. The van der Waals surface area contributed by atoms with Crippen LogP contribution in [0.2, 0.25) is 0 Å². The molecule has 2 aromatic rings. The number of hydrogen-bond acceptors (Lipinski definition) is 2. The zero-order valence-corrected chi connectivity index (χ0v) is 8.77. The second-order valence-electron chi connectivity index (χ2n) is 3.61. The molecule has 80 valence electrons. The summed E-state index contributed by atoms with van der Waals surface area (Å²) in [5, 5.41) is 0. The predicted octanol–water partition coefficient (Wildman–Crippen LogP) is 3.01. The van der Waals surface area contributed by atoms with Crippen LogP contribution in [-0.2, 0) is 0 Å². The molecule has 0 amide bonds. The Bertz CT molecular complexity index is 537. The normalized spacial score (nSPS) is 10.1. The molecule has 0 saturated carbocycles. The van der Waals surface area contributed by atoms with E-state index in [1.54, 1.807) is 24.4 Å². The zero-order valence-electron chi connectivity index (χ0n) is 8.77. The molecule has 2 rings (SSSR count).